The fourth-order valence-electron chi connectivity index (χ4n) is 3.35. The van der Waals surface area contributed by atoms with Crippen LogP contribution in [0.4, 0.5) is 11.4 Å². The van der Waals surface area contributed by atoms with Crippen LogP contribution in [0.1, 0.15) is 20.9 Å². The highest BCUT2D eigenvalue weighted by atomic mass is 16.5. The second kappa shape index (κ2) is 10.4. The van der Waals surface area contributed by atoms with Crippen molar-refractivity contribution in [3.63, 3.8) is 0 Å². The van der Waals surface area contributed by atoms with Gasteiger partial charge in [0, 0.05) is 23.7 Å². The van der Waals surface area contributed by atoms with Gasteiger partial charge in [-0.2, -0.15) is 0 Å². The largest absolute Gasteiger partial charge is 0.493 e. The molecule has 0 atom stereocenters. The summed E-state index contributed by atoms with van der Waals surface area (Å²) >= 11 is 0. The van der Waals surface area contributed by atoms with Crippen molar-refractivity contribution in [3.05, 3.63) is 78.4 Å². The minimum absolute atomic E-state index is 0.0373. The van der Waals surface area contributed by atoms with Gasteiger partial charge in [0.15, 0.2) is 23.9 Å². The molecule has 2 aromatic carbocycles. The first kappa shape index (κ1) is 23.3. The van der Waals surface area contributed by atoms with E-state index in [1.54, 1.807) is 30.5 Å². The standard InChI is InChI=1S/C25H21N3O7/c1-32-21-12-16(19(13-22(21)33-2)28-24(30)20-9-5-11-34-20)25(31)35-14-23(29)27-18-8-3-7-17-15(18)6-4-10-26-17/h3-13H,14H2,1-2H3,(H,27,29)(H,28,30). The third-order valence-electron chi connectivity index (χ3n) is 4.99. The lowest BCUT2D eigenvalue weighted by Crippen LogP contribution is -2.22. The van der Waals surface area contributed by atoms with Crippen molar-refractivity contribution >= 4 is 40.1 Å². The van der Waals surface area contributed by atoms with Crippen molar-refractivity contribution in [1.82, 2.24) is 4.98 Å². The van der Waals surface area contributed by atoms with Gasteiger partial charge >= 0.3 is 5.97 Å². The average molecular weight is 475 g/mol. The number of nitrogens with one attached hydrogen (secondary N) is 2. The number of hydrogen-bond acceptors (Lipinski definition) is 8. The second-order valence-corrected chi connectivity index (χ2v) is 7.18. The molecule has 10 nitrogen and oxygen atoms in total. The van der Waals surface area contributed by atoms with Crippen molar-refractivity contribution in [3.8, 4) is 11.5 Å². The van der Waals surface area contributed by atoms with Crippen LogP contribution in [0.5, 0.6) is 11.5 Å². The molecule has 2 aromatic heterocycles. The van der Waals surface area contributed by atoms with E-state index in [1.165, 1.54) is 38.7 Å². The number of carbonyl (C=O) groups is 3. The van der Waals surface area contributed by atoms with Gasteiger partial charge in [0.1, 0.15) is 0 Å². The number of benzene rings is 2. The number of ether oxygens (including phenoxy) is 3. The molecule has 0 aliphatic rings. The lowest BCUT2D eigenvalue weighted by atomic mass is 10.1. The van der Waals surface area contributed by atoms with E-state index in [1.807, 2.05) is 12.1 Å². The predicted molar refractivity (Wildman–Crippen MR) is 127 cm³/mol. The third-order valence-corrected chi connectivity index (χ3v) is 4.99. The number of nitrogens with zero attached hydrogens (tertiary/aromatic N) is 1. The molecular weight excluding hydrogens is 454 g/mol. The number of carbonyl (C=O) groups excluding carboxylic acids is 3. The number of anilines is 2. The highest BCUT2D eigenvalue weighted by molar-refractivity contribution is 6.08. The fourth-order valence-corrected chi connectivity index (χ4v) is 3.35. The van der Waals surface area contributed by atoms with Crippen molar-refractivity contribution in [2.24, 2.45) is 0 Å². The molecule has 178 valence electrons. The first-order valence-corrected chi connectivity index (χ1v) is 10.4. The van der Waals surface area contributed by atoms with E-state index in [4.69, 9.17) is 18.6 Å². The molecule has 2 amide bonds. The molecule has 0 aliphatic heterocycles. The maximum absolute atomic E-state index is 12.9. The molecular formula is C25H21N3O7. The zero-order chi connectivity index (χ0) is 24.8. The minimum atomic E-state index is -0.851. The van der Waals surface area contributed by atoms with E-state index in [0.717, 1.165) is 5.39 Å². The van der Waals surface area contributed by atoms with Crippen molar-refractivity contribution in [2.45, 2.75) is 0 Å². The zero-order valence-electron chi connectivity index (χ0n) is 18.9. The summed E-state index contributed by atoms with van der Waals surface area (Å²) in [5.74, 6) is -1.42. The highest BCUT2D eigenvalue weighted by Crippen LogP contribution is 2.34. The van der Waals surface area contributed by atoms with Gasteiger partial charge in [-0.3, -0.25) is 14.6 Å². The minimum Gasteiger partial charge on any atom is -0.493 e. The maximum atomic E-state index is 12.9. The number of fused-ring (bicyclic) bond motifs is 1. The summed E-state index contributed by atoms with van der Waals surface area (Å²) in [6, 6.07) is 14.7. The van der Waals surface area contributed by atoms with Gasteiger partial charge in [0.05, 0.1) is 42.9 Å². The number of aromatic nitrogens is 1. The van der Waals surface area contributed by atoms with Crippen LogP contribution < -0.4 is 20.1 Å². The Hall–Kier alpha value is -4.86. The number of methoxy groups -OCH3 is 2. The Morgan fingerprint density at radius 2 is 1.71 bits per heavy atom. The van der Waals surface area contributed by atoms with Gasteiger partial charge in [-0.15, -0.1) is 0 Å². The average Bonchev–Trinajstić information content (AvgIpc) is 3.42. The predicted octanol–water partition coefficient (Wildman–Crippen LogP) is 3.89. The lowest BCUT2D eigenvalue weighted by molar-refractivity contribution is -0.119. The number of furan rings is 1. The van der Waals surface area contributed by atoms with Crippen LogP contribution in [-0.2, 0) is 9.53 Å². The maximum Gasteiger partial charge on any atom is 0.340 e. The number of rotatable bonds is 8. The summed E-state index contributed by atoms with van der Waals surface area (Å²) in [6.45, 7) is -0.560. The van der Waals surface area contributed by atoms with Crippen LogP contribution in [0.2, 0.25) is 0 Å². The van der Waals surface area contributed by atoms with Gasteiger partial charge in [-0.25, -0.2) is 4.79 Å². The zero-order valence-corrected chi connectivity index (χ0v) is 18.9. The SMILES string of the molecule is COc1cc(NC(=O)c2ccco2)c(C(=O)OCC(=O)Nc2cccc3ncccc23)cc1OC. The van der Waals surface area contributed by atoms with Crippen molar-refractivity contribution in [1.29, 1.82) is 0 Å². The molecule has 0 saturated heterocycles. The molecule has 0 fully saturated rings. The van der Waals surface area contributed by atoms with Crippen LogP contribution >= 0.6 is 0 Å². The van der Waals surface area contributed by atoms with Crippen LogP contribution in [0.25, 0.3) is 10.9 Å². The van der Waals surface area contributed by atoms with Gasteiger partial charge < -0.3 is 29.3 Å². The molecule has 10 heteroatoms. The van der Waals surface area contributed by atoms with Gasteiger partial charge in [-0.05, 0) is 36.4 Å². The first-order chi connectivity index (χ1) is 17.0. The Morgan fingerprint density at radius 3 is 2.46 bits per heavy atom. The molecule has 0 bridgehead atoms. The third kappa shape index (κ3) is 5.22. The summed E-state index contributed by atoms with van der Waals surface area (Å²) in [5.41, 5.74) is 1.30. The monoisotopic (exact) mass is 475 g/mol. The van der Waals surface area contributed by atoms with Crippen LogP contribution in [0.15, 0.2) is 71.5 Å². The number of esters is 1. The topological polar surface area (TPSA) is 129 Å². The summed E-state index contributed by atoms with van der Waals surface area (Å²) in [5, 5.41) is 6.05. The van der Waals surface area contributed by atoms with E-state index in [9.17, 15) is 14.4 Å². The Kier molecular flexibility index (Phi) is 6.91. The molecule has 0 aliphatic carbocycles. The molecule has 0 unspecified atom stereocenters. The van der Waals surface area contributed by atoms with Crippen LogP contribution in [-0.4, -0.2) is 43.6 Å². The van der Waals surface area contributed by atoms with Crippen molar-refractivity contribution in [2.75, 3.05) is 31.5 Å². The summed E-state index contributed by atoms with van der Waals surface area (Å²) in [4.78, 5) is 42.1. The number of pyridine rings is 1. The van der Waals surface area contributed by atoms with E-state index in [-0.39, 0.29) is 28.5 Å². The summed E-state index contributed by atoms with van der Waals surface area (Å²) in [7, 11) is 2.82. The molecule has 0 spiro atoms. The molecule has 2 N–H and O–H groups in total. The Balaban J connectivity index is 1.51. The Morgan fingerprint density at radius 1 is 0.914 bits per heavy atom. The molecule has 4 rings (SSSR count). The molecule has 2 heterocycles. The second-order valence-electron chi connectivity index (χ2n) is 7.18. The summed E-state index contributed by atoms with van der Waals surface area (Å²) < 4.78 is 20.8. The summed E-state index contributed by atoms with van der Waals surface area (Å²) in [6.07, 6.45) is 3.00. The van der Waals surface area contributed by atoms with E-state index >= 15 is 0 Å². The molecule has 0 radical (unpaired) electrons. The number of hydrogen-bond donors (Lipinski definition) is 2. The normalized spacial score (nSPS) is 10.5. The molecule has 35 heavy (non-hydrogen) atoms. The van der Waals surface area contributed by atoms with E-state index in [2.05, 4.69) is 15.6 Å². The highest BCUT2D eigenvalue weighted by Gasteiger charge is 2.22. The fraction of sp³-hybridized carbons (Fsp3) is 0.120. The first-order valence-electron chi connectivity index (χ1n) is 10.4. The van der Waals surface area contributed by atoms with Gasteiger partial charge in [0.2, 0.25) is 0 Å². The van der Waals surface area contributed by atoms with Gasteiger partial charge in [-0.1, -0.05) is 6.07 Å². The number of amides is 2. The van der Waals surface area contributed by atoms with Crippen LogP contribution in [0.3, 0.4) is 0 Å². The lowest BCUT2D eigenvalue weighted by Gasteiger charge is -2.15. The van der Waals surface area contributed by atoms with E-state index in [0.29, 0.717) is 11.2 Å². The smallest absolute Gasteiger partial charge is 0.340 e. The Labute approximate surface area is 199 Å². The van der Waals surface area contributed by atoms with Crippen molar-refractivity contribution < 1.29 is 33.0 Å². The van der Waals surface area contributed by atoms with Gasteiger partial charge in [0.25, 0.3) is 11.8 Å². The Bertz CT molecular complexity index is 1380. The van der Waals surface area contributed by atoms with Crippen LogP contribution in [0, 0.1) is 0 Å². The molecule has 0 saturated carbocycles. The quantitative estimate of drug-likeness (QED) is 0.367. The molecule has 4 aromatic rings. The van der Waals surface area contributed by atoms with E-state index < -0.39 is 24.4 Å².